The zero-order valence-electron chi connectivity index (χ0n) is 13.7. The van der Waals surface area contributed by atoms with E-state index in [0.29, 0.717) is 11.9 Å². The topological polar surface area (TPSA) is 82.5 Å². The predicted molar refractivity (Wildman–Crippen MR) is 92.3 cm³/mol. The Morgan fingerprint density at radius 1 is 1.50 bits per heavy atom. The van der Waals surface area contributed by atoms with Crippen LogP contribution in [0.25, 0.3) is 0 Å². The van der Waals surface area contributed by atoms with Crippen molar-refractivity contribution in [3.63, 3.8) is 0 Å². The highest BCUT2D eigenvalue weighted by Gasteiger charge is 2.44. The number of alkyl halides is 1. The summed E-state index contributed by atoms with van der Waals surface area (Å²) in [5, 5.41) is 5.54. The monoisotopic (exact) mass is 348 g/mol. The van der Waals surface area contributed by atoms with Gasteiger partial charge in [-0.05, 0) is 32.8 Å². The van der Waals surface area contributed by atoms with Crippen LogP contribution in [0.15, 0.2) is 35.6 Å². The quantitative estimate of drug-likeness (QED) is 0.802. The van der Waals surface area contributed by atoms with Crippen molar-refractivity contribution in [2.45, 2.75) is 43.9 Å². The van der Waals surface area contributed by atoms with Gasteiger partial charge in [0.15, 0.2) is 0 Å². The number of aromatic nitrogens is 2. The van der Waals surface area contributed by atoms with Crippen LogP contribution in [0.3, 0.4) is 0 Å². The first-order valence-corrected chi connectivity index (χ1v) is 8.47. The van der Waals surface area contributed by atoms with Crippen LogP contribution in [-0.4, -0.2) is 45.0 Å². The van der Waals surface area contributed by atoms with Crippen molar-refractivity contribution in [2.75, 3.05) is 6.54 Å². The summed E-state index contributed by atoms with van der Waals surface area (Å²) in [4.78, 5) is 27.2. The van der Waals surface area contributed by atoms with E-state index in [1.54, 1.807) is 31.6 Å². The average molecular weight is 349 g/mol. The van der Waals surface area contributed by atoms with Crippen LogP contribution in [0.2, 0.25) is 0 Å². The van der Waals surface area contributed by atoms with E-state index in [1.165, 1.54) is 6.33 Å². The Morgan fingerprint density at radius 3 is 2.88 bits per heavy atom. The summed E-state index contributed by atoms with van der Waals surface area (Å²) in [6.07, 6.45) is 10.6. The van der Waals surface area contributed by atoms with Crippen molar-refractivity contribution in [3.05, 3.63) is 36.2 Å². The van der Waals surface area contributed by atoms with Gasteiger partial charge in [-0.2, -0.15) is 0 Å². The van der Waals surface area contributed by atoms with E-state index in [1.807, 2.05) is 0 Å². The van der Waals surface area contributed by atoms with E-state index in [4.69, 9.17) is 16.6 Å². The molecule has 2 aliphatic heterocycles. The normalized spacial score (nSPS) is 28.1. The molecule has 0 bridgehead atoms. The molecule has 1 saturated heterocycles. The Morgan fingerprint density at radius 2 is 2.25 bits per heavy atom. The van der Waals surface area contributed by atoms with Gasteiger partial charge in [0.1, 0.15) is 17.5 Å². The third-order valence-corrected chi connectivity index (χ3v) is 4.56. The molecule has 3 rings (SSSR count). The number of nitrogens with zero attached hydrogens (tertiary/aromatic N) is 4. The summed E-state index contributed by atoms with van der Waals surface area (Å²) >= 11 is 5.85. The van der Waals surface area contributed by atoms with Crippen LogP contribution >= 0.6 is 11.6 Å². The highest BCUT2D eigenvalue weighted by atomic mass is 35.5. The molecule has 7 nitrogen and oxygen atoms in total. The molecule has 24 heavy (non-hydrogen) atoms. The van der Waals surface area contributed by atoms with Gasteiger partial charge in [-0.1, -0.05) is 0 Å². The van der Waals surface area contributed by atoms with Gasteiger partial charge in [-0.15, -0.1) is 11.6 Å². The average Bonchev–Trinajstić information content (AvgIpc) is 3.02. The van der Waals surface area contributed by atoms with Crippen molar-refractivity contribution in [2.24, 2.45) is 4.99 Å². The molecule has 128 valence electrons. The van der Waals surface area contributed by atoms with Crippen LogP contribution < -0.4 is 10.6 Å². The minimum Gasteiger partial charge on any atom is -0.331 e. The summed E-state index contributed by atoms with van der Waals surface area (Å²) in [6, 6.07) is 0.344. The standard InChI is InChI=1S/C16H21ClN6O/c1-11-4-3-7-23(11)16(13-8-18-10-19-9-13)20-6-5-14(22-16)21-15(24)12(2)17/h5-6,8-12,22H,3-4,7H2,1-2H3,(H,21,24)/t11-,12?,16?/m0/s1. The van der Waals surface area contributed by atoms with Gasteiger partial charge in [-0.3, -0.25) is 9.69 Å². The number of rotatable bonds is 4. The van der Waals surface area contributed by atoms with E-state index in [0.717, 1.165) is 24.9 Å². The number of carbonyl (C=O) groups is 1. The molecular weight excluding hydrogens is 328 g/mol. The molecule has 1 amide bonds. The van der Waals surface area contributed by atoms with Crippen LogP contribution in [0, 0.1) is 0 Å². The maximum Gasteiger partial charge on any atom is 0.243 e. The van der Waals surface area contributed by atoms with Gasteiger partial charge >= 0.3 is 0 Å². The fraction of sp³-hybridized carbons (Fsp3) is 0.500. The number of allylic oxidation sites excluding steroid dienone is 1. The van der Waals surface area contributed by atoms with E-state index in [2.05, 4.69) is 32.4 Å². The van der Waals surface area contributed by atoms with Crippen molar-refractivity contribution in [3.8, 4) is 0 Å². The second-order valence-corrected chi connectivity index (χ2v) is 6.73. The third-order valence-electron chi connectivity index (χ3n) is 4.36. The highest BCUT2D eigenvalue weighted by molar-refractivity contribution is 6.30. The number of nitrogens with one attached hydrogen (secondary N) is 2. The van der Waals surface area contributed by atoms with Crippen LogP contribution in [0.1, 0.15) is 32.3 Å². The summed E-state index contributed by atoms with van der Waals surface area (Å²) in [5.74, 6) is -0.534. The number of hydrogen-bond donors (Lipinski definition) is 2. The Hall–Kier alpha value is -1.99. The van der Waals surface area contributed by atoms with E-state index >= 15 is 0 Å². The number of halogens is 1. The fourth-order valence-corrected chi connectivity index (χ4v) is 3.19. The minimum atomic E-state index is -0.829. The molecule has 2 aliphatic rings. The molecule has 2 N–H and O–H groups in total. The maximum atomic E-state index is 11.9. The highest BCUT2D eigenvalue weighted by Crippen LogP contribution is 2.35. The fourth-order valence-electron chi connectivity index (χ4n) is 3.14. The van der Waals surface area contributed by atoms with E-state index < -0.39 is 11.2 Å². The van der Waals surface area contributed by atoms with Crippen LogP contribution in [0.4, 0.5) is 0 Å². The number of likely N-dealkylation sites (tertiary alicyclic amines) is 1. The molecule has 0 saturated carbocycles. The second kappa shape index (κ2) is 6.86. The first kappa shape index (κ1) is 16.9. The Labute approximate surface area is 146 Å². The van der Waals surface area contributed by atoms with Crippen LogP contribution in [0.5, 0.6) is 0 Å². The first-order valence-electron chi connectivity index (χ1n) is 8.04. The molecule has 0 radical (unpaired) electrons. The molecular formula is C16H21ClN6O. The van der Waals surface area contributed by atoms with Gasteiger partial charge in [0, 0.05) is 31.2 Å². The number of carbonyl (C=O) groups excluding carboxylic acids is 1. The molecule has 3 atom stereocenters. The van der Waals surface area contributed by atoms with Crippen molar-refractivity contribution >= 4 is 23.7 Å². The summed E-state index contributed by atoms with van der Waals surface area (Å²) in [6.45, 7) is 4.70. The van der Waals surface area contributed by atoms with E-state index in [-0.39, 0.29) is 5.91 Å². The summed E-state index contributed by atoms with van der Waals surface area (Å²) in [5.41, 5.74) is 0.828. The smallest absolute Gasteiger partial charge is 0.243 e. The minimum absolute atomic E-state index is 0.265. The molecule has 0 aliphatic carbocycles. The molecule has 0 spiro atoms. The lowest BCUT2D eigenvalue weighted by atomic mass is 10.1. The maximum absolute atomic E-state index is 11.9. The molecule has 1 aromatic rings. The molecule has 0 aromatic carbocycles. The Bertz CT molecular complexity index is 662. The third kappa shape index (κ3) is 3.14. The molecule has 8 heteroatoms. The zero-order chi connectivity index (χ0) is 17.2. The molecule has 1 fully saturated rings. The molecule has 1 aromatic heterocycles. The number of aliphatic imine (C=N–C) groups is 1. The lowest BCUT2D eigenvalue weighted by molar-refractivity contribution is -0.120. The number of amides is 1. The van der Waals surface area contributed by atoms with Crippen LogP contribution in [-0.2, 0) is 10.6 Å². The zero-order valence-corrected chi connectivity index (χ0v) is 14.5. The van der Waals surface area contributed by atoms with Gasteiger partial charge in [0.2, 0.25) is 11.7 Å². The molecule has 3 heterocycles. The SMILES string of the molecule is CC(Cl)C(=O)NC1=CC=NC(c2cncnc2)(N2CCC[C@@H]2C)N1. The van der Waals surface area contributed by atoms with Crippen molar-refractivity contribution in [1.29, 1.82) is 0 Å². The van der Waals surface area contributed by atoms with Gasteiger partial charge in [0.25, 0.3) is 0 Å². The van der Waals surface area contributed by atoms with E-state index in [9.17, 15) is 4.79 Å². The Kier molecular flexibility index (Phi) is 4.82. The number of hydrogen-bond acceptors (Lipinski definition) is 6. The van der Waals surface area contributed by atoms with Gasteiger partial charge in [0.05, 0.1) is 5.56 Å². The summed E-state index contributed by atoms with van der Waals surface area (Å²) in [7, 11) is 0. The predicted octanol–water partition coefficient (Wildman–Crippen LogP) is 1.33. The summed E-state index contributed by atoms with van der Waals surface area (Å²) < 4.78 is 0. The Balaban J connectivity index is 1.94. The van der Waals surface area contributed by atoms with Crippen molar-refractivity contribution < 1.29 is 4.79 Å². The second-order valence-electron chi connectivity index (χ2n) is 6.07. The largest absolute Gasteiger partial charge is 0.331 e. The first-order chi connectivity index (χ1) is 11.5. The lowest BCUT2D eigenvalue weighted by Gasteiger charge is -2.43. The van der Waals surface area contributed by atoms with Gasteiger partial charge < -0.3 is 10.6 Å². The van der Waals surface area contributed by atoms with Crippen molar-refractivity contribution in [1.82, 2.24) is 25.5 Å². The van der Waals surface area contributed by atoms with Gasteiger partial charge in [-0.25, -0.2) is 15.0 Å². The lowest BCUT2D eigenvalue weighted by Crippen LogP contribution is -2.59. The molecule has 2 unspecified atom stereocenters.